The van der Waals surface area contributed by atoms with Gasteiger partial charge in [0.25, 0.3) is 0 Å². The van der Waals surface area contributed by atoms with E-state index in [4.69, 9.17) is 11.6 Å². The number of hydrogen-bond donors (Lipinski definition) is 1. The quantitative estimate of drug-likeness (QED) is 0.819. The van der Waals surface area contributed by atoms with E-state index in [-0.39, 0.29) is 4.90 Å². The third kappa shape index (κ3) is 4.77. The van der Waals surface area contributed by atoms with Crippen LogP contribution in [0.15, 0.2) is 23.1 Å². The number of hydrogen-bond acceptors (Lipinski definition) is 4. The van der Waals surface area contributed by atoms with E-state index in [1.165, 1.54) is 12.3 Å². The molecule has 0 aliphatic carbocycles. The minimum atomic E-state index is -3.18. The maximum absolute atomic E-state index is 11.4. The topological polar surface area (TPSA) is 46.2 Å². The second-order valence-corrected chi connectivity index (χ2v) is 7.10. The zero-order valence-corrected chi connectivity index (χ0v) is 12.3. The lowest BCUT2D eigenvalue weighted by molar-refractivity contribution is 0.602. The molecule has 0 aliphatic heterocycles. The van der Waals surface area contributed by atoms with Gasteiger partial charge in [-0.3, -0.25) is 0 Å². The Morgan fingerprint density at radius 1 is 1.41 bits per heavy atom. The summed E-state index contributed by atoms with van der Waals surface area (Å²) >= 11 is 7.78. The van der Waals surface area contributed by atoms with Gasteiger partial charge in [0.05, 0.1) is 15.6 Å². The van der Waals surface area contributed by atoms with Crippen molar-refractivity contribution < 1.29 is 8.42 Å². The van der Waals surface area contributed by atoms with Crippen LogP contribution >= 0.6 is 23.4 Å². The highest BCUT2D eigenvalue weighted by Crippen LogP contribution is 2.25. The standard InChI is InChI=1S/C11H16ClNO2S2/c1-16-7-3-6-13-11-8-9(17(2,14)15)4-5-10(11)12/h4-5,8,13H,3,6-7H2,1-2H3. The van der Waals surface area contributed by atoms with Crippen molar-refractivity contribution in [3.05, 3.63) is 23.2 Å². The Hall–Kier alpha value is -0.390. The van der Waals surface area contributed by atoms with E-state index in [1.807, 2.05) is 0 Å². The van der Waals surface area contributed by atoms with Crippen molar-refractivity contribution in [2.75, 3.05) is 30.1 Å². The van der Waals surface area contributed by atoms with Crippen LogP contribution in [0.3, 0.4) is 0 Å². The molecule has 0 aromatic heterocycles. The first-order chi connectivity index (χ1) is 7.95. The molecule has 6 heteroatoms. The Morgan fingerprint density at radius 2 is 2.12 bits per heavy atom. The Labute approximate surface area is 112 Å². The van der Waals surface area contributed by atoms with Gasteiger partial charge < -0.3 is 5.32 Å². The molecule has 0 radical (unpaired) electrons. The maximum atomic E-state index is 11.4. The molecule has 17 heavy (non-hydrogen) atoms. The SMILES string of the molecule is CSCCCNc1cc(S(C)(=O)=O)ccc1Cl. The average Bonchev–Trinajstić information content (AvgIpc) is 2.25. The van der Waals surface area contributed by atoms with Gasteiger partial charge in [-0.25, -0.2) is 8.42 Å². The summed E-state index contributed by atoms with van der Waals surface area (Å²) in [6.07, 6.45) is 4.26. The molecule has 0 heterocycles. The van der Waals surface area contributed by atoms with Crippen LogP contribution in [0.25, 0.3) is 0 Å². The summed E-state index contributed by atoms with van der Waals surface area (Å²) in [5.74, 6) is 1.07. The van der Waals surface area contributed by atoms with Crippen molar-refractivity contribution in [2.24, 2.45) is 0 Å². The van der Waals surface area contributed by atoms with Crippen molar-refractivity contribution in [2.45, 2.75) is 11.3 Å². The van der Waals surface area contributed by atoms with Crippen LogP contribution in [-0.2, 0) is 9.84 Å². The molecule has 0 atom stereocenters. The number of benzene rings is 1. The number of sulfone groups is 1. The smallest absolute Gasteiger partial charge is 0.175 e. The molecule has 3 nitrogen and oxygen atoms in total. The monoisotopic (exact) mass is 293 g/mol. The second kappa shape index (κ2) is 6.52. The molecule has 96 valence electrons. The average molecular weight is 294 g/mol. The fourth-order valence-corrected chi connectivity index (χ4v) is 2.57. The third-order valence-electron chi connectivity index (χ3n) is 2.21. The summed E-state index contributed by atoms with van der Waals surface area (Å²) in [5.41, 5.74) is 0.677. The molecule has 1 aromatic carbocycles. The number of anilines is 1. The fraction of sp³-hybridized carbons (Fsp3) is 0.455. The van der Waals surface area contributed by atoms with E-state index >= 15 is 0 Å². The van der Waals surface area contributed by atoms with Crippen LogP contribution in [0.4, 0.5) is 5.69 Å². The lowest BCUT2D eigenvalue weighted by Gasteiger charge is -2.09. The van der Waals surface area contributed by atoms with Gasteiger partial charge in [-0.1, -0.05) is 11.6 Å². The normalized spacial score (nSPS) is 11.5. The van der Waals surface area contributed by atoms with Gasteiger partial charge in [-0.15, -0.1) is 0 Å². The fourth-order valence-electron chi connectivity index (χ4n) is 1.31. The molecule has 0 fully saturated rings. The first kappa shape index (κ1) is 14.7. The van der Waals surface area contributed by atoms with E-state index in [1.54, 1.807) is 23.9 Å². The Morgan fingerprint density at radius 3 is 2.71 bits per heavy atom. The van der Waals surface area contributed by atoms with Crippen molar-refractivity contribution in [1.29, 1.82) is 0 Å². The minimum Gasteiger partial charge on any atom is -0.384 e. The predicted molar refractivity (Wildman–Crippen MR) is 76.1 cm³/mol. The molecule has 1 aromatic rings. The summed E-state index contributed by atoms with van der Waals surface area (Å²) in [6.45, 7) is 0.785. The summed E-state index contributed by atoms with van der Waals surface area (Å²) in [4.78, 5) is 0.286. The molecule has 0 saturated heterocycles. The van der Waals surface area contributed by atoms with Gasteiger partial charge in [0.2, 0.25) is 0 Å². The van der Waals surface area contributed by atoms with Gasteiger partial charge in [0.1, 0.15) is 0 Å². The molecule has 1 N–H and O–H groups in total. The summed E-state index contributed by atoms with van der Waals surface area (Å²) < 4.78 is 22.8. The van der Waals surface area contributed by atoms with Gasteiger partial charge in [-0.05, 0) is 36.6 Å². The van der Waals surface area contributed by atoms with E-state index in [0.717, 1.165) is 18.7 Å². The third-order valence-corrected chi connectivity index (χ3v) is 4.34. The van der Waals surface area contributed by atoms with Crippen LogP contribution in [0.1, 0.15) is 6.42 Å². The molecule has 0 amide bonds. The van der Waals surface area contributed by atoms with Crippen molar-refractivity contribution in [1.82, 2.24) is 0 Å². The molecule has 0 saturated carbocycles. The molecule has 0 bridgehead atoms. The van der Waals surface area contributed by atoms with Gasteiger partial charge in [-0.2, -0.15) is 11.8 Å². The zero-order chi connectivity index (χ0) is 12.9. The molecule has 1 rings (SSSR count). The highest BCUT2D eigenvalue weighted by molar-refractivity contribution is 7.98. The lowest BCUT2D eigenvalue weighted by atomic mass is 10.3. The Balaban J connectivity index is 2.77. The van der Waals surface area contributed by atoms with Crippen LogP contribution in [-0.4, -0.2) is 33.2 Å². The number of halogens is 1. The predicted octanol–water partition coefficient (Wildman–Crippen LogP) is 2.91. The van der Waals surface area contributed by atoms with E-state index in [2.05, 4.69) is 11.6 Å². The van der Waals surface area contributed by atoms with Crippen LogP contribution in [0, 0.1) is 0 Å². The first-order valence-corrected chi connectivity index (χ1v) is 8.84. The molecular weight excluding hydrogens is 278 g/mol. The molecule has 0 unspecified atom stereocenters. The number of rotatable bonds is 6. The largest absolute Gasteiger partial charge is 0.384 e. The van der Waals surface area contributed by atoms with Crippen molar-refractivity contribution >= 4 is 38.9 Å². The first-order valence-electron chi connectivity index (χ1n) is 5.17. The van der Waals surface area contributed by atoms with Gasteiger partial charge in [0, 0.05) is 12.8 Å². The number of thioether (sulfide) groups is 1. The maximum Gasteiger partial charge on any atom is 0.175 e. The van der Waals surface area contributed by atoms with Gasteiger partial charge in [0.15, 0.2) is 9.84 Å². The summed E-state index contributed by atoms with van der Waals surface area (Å²) in [6, 6.07) is 4.70. The van der Waals surface area contributed by atoms with E-state index < -0.39 is 9.84 Å². The van der Waals surface area contributed by atoms with E-state index in [9.17, 15) is 8.42 Å². The lowest BCUT2D eigenvalue weighted by Crippen LogP contribution is -2.05. The van der Waals surface area contributed by atoms with Crippen LogP contribution in [0.2, 0.25) is 5.02 Å². The van der Waals surface area contributed by atoms with Crippen LogP contribution < -0.4 is 5.32 Å². The molecular formula is C11H16ClNO2S2. The Bertz CT molecular complexity index is 474. The molecule has 0 aliphatic rings. The zero-order valence-electron chi connectivity index (χ0n) is 9.86. The Kier molecular flexibility index (Phi) is 5.62. The van der Waals surface area contributed by atoms with Crippen molar-refractivity contribution in [3.8, 4) is 0 Å². The highest BCUT2D eigenvalue weighted by Gasteiger charge is 2.09. The summed E-state index contributed by atoms with van der Waals surface area (Å²) in [7, 11) is -3.18. The van der Waals surface area contributed by atoms with E-state index in [0.29, 0.717) is 10.7 Å². The minimum absolute atomic E-state index is 0.286. The highest BCUT2D eigenvalue weighted by atomic mass is 35.5. The summed E-state index contributed by atoms with van der Waals surface area (Å²) in [5, 5.41) is 3.69. The number of nitrogens with one attached hydrogen (secondary N) is 1. The second-order valence-electron chi connectivity index (χ2n) is 3.69. The molecule has 0 spiro atoms. The van der Waals surface area contributed by atoms with Gasteiger partial charge >= 0.3 is 0 Å². The van der Waals surface area contributed by atoms with Crippen LogP contribution in [0.5, 0.6) is 0 Å². The van der Waals surface area contributed by atoms with Crippen molar-refractivity contribution in [3.63, 3.8) is 0 Å².